The summed E-state index contributed by atoms with van der Waals surface area (Å²) >= 11 is 3.31. The SMILES string of the molecule is Cc1ccc([N+](=O)[O-])cc1-c1ccc(/C=N/NC(=O)c2ccccc2Br)o1. The predicted molar refractivity (Wildman–Crippen MR) is 105 cm³/mol. The number of nitrogens with zero attached hydrogens (tertiary/aromatic N) is 2. The van der Waals surface area contributed by atoms with E-state index in [4.69, 9.17) is 4.42 Å². The van der Waals surface area contributed by atoms with E-state index in [-0.39, 0.29) is 11.6 Å². The average Bonchev–Trinajstić information content (AvgIpc) is 3.10. The molecule has 0 bridgehead atoms. The smallest absolute Gasteiger partial charge is 0.272 e. The molecule has 0 radical (unpaired) electrons. The van der Waals surface area contributed by atoms with Crippen LogP contribution in [0, 0.1) is 17.0 Å². The maximum Gasteiger partial charge on any atom is 0.272 e. The fourth-order valence-electron chi connectivity index (χ4n) is 2.42. The van der Waals surface area contributed by atoms with E-state index in [0.717, 1.165) is 5.56 Å². The lowest BCUT2D eigenvalue weighted by molar-refractivity contribution is -0.384. The van der Waals surface area contributed by atoms with Gasteiger partial charge < -0.3 is 4.42 Å². The minimum absolute atomic E-state index is 0.0112. The molecule has 0 unspecified atom stereocenters. The molecule has 1 heterocycles. The molecule has 0 saturated heterocycles. The molecule has 1 amide bonds. The minimum atomic E-state index is -0.453. The number of nitrogens with one attached hydrogen (secondary N) is 1. The summed E-state index contributed by atoms with van der Waals surface area (Å²) in [4.78, 5) is 22.6. The van der Waals surface area contributed by atoms with Crippen molar-refractivity contribution in [2.75, 3.05) is 0 Å². The first-order chi connectivity index (χ1) is 13.0. The molecular weight excluding hydrogens is 414 g/mol. The summed E-state index contributed by atoms with van der Waals surface area (Å²) < 4.78 is 6.33. The van der Waals surface area contributed by atoms with Crippen molar-refractivity contribution < 1.29 is 14.1 Å². The first-order valence-corrected chi connectivity index (χ1v) is 8.68. The molecule has 2 aromatic carbocycles. The van der Waals surface area contributed by atoms with Gasteiger partial charge in [-0.05, 0) is 52.7 Å². The molecule has 136 valence electrons. The Kier molecular flexibility index (Phi) is 5.46. The van der Waals surface area contributed by atoms with E-state index in [1.807, 2.05) is 13.0 Å². The van der Waals surface area contributed by atoms with E-state index in [1.165, 1.54) is 18.3 Å². The van der Waals surface area contributed by atoms with Crippen molar-refractivity contribution in [3.63, 3.8) is 0 Å². The molecule has 0 atom stereocenters. The van der Waals surface area contributed by atoms with Crippen molar-refractivity contribution in [1.29, 1.82) is 0 Å². The van der Waals surface area contributed by atoms with Gasteiger partial charge in [0.15, 0.2) is 0 Å². The number of hydrogen-bond acceptors (Lipinski definition) is 5. The number of carbonyl (C=O) groups excluding carboxylic acids is 1. The molecule has 8 heteroatoms. The molecular formula is C19H14BrN3O4. The lowest BCUT2D eigenvalue weighted by Gasteiger charge is -2.02. The van der Waals surface area contributed by atoms with Crippen molar-refractivity contribution in [1.82, 2.24) is 5.43 Å². The first kappa shape index (κ1) is 18.5. The van der Waals surface area contributed by atoms with Gasteiger partial charge in [-0.3, -0.25) is 14.9 Å². The van der Waals surface area contributed by atoms with Crippen molar-refractivity contribution in [2.24, 2.45) is 5.10 Å². The van der Waals surface area contributed by atoms with Crippen LogP contribution in [0.2, 0.25) is 0 Å². The van der Waals surface area contributed by atoms with Crippen LogP contribution in [0.3, 0.4) is 0 Å². The molecule has 0 spiro atoms. The molecule has 0 saturated carbocycles. The number of nitro benzene ring substituents is 1. The maximum atomic E-state index is 12.1. The Balaban J connectivity index is 1.74. The second-order valence-corrected chi connectivity index (χ2v) is 6.49. The monoisotopic (exact) mass is 427 g/mol. The van der Waals surface area contributed by atoms with E-state index < -0.39 is 4.92 Å². The van der Waals surface area contributed by atoms with Gasteiger partial charge >= 0.3 is 0 Å². The van der Waals surface area contributed by atoms with E-state index in [2.05, 4.69) is 26.5 Å². The predicted octanol–water partition coefficient (Wildman–Crippen LogP) is 4.69. The third-order valence-electron chi connectivity index (χ3n) is 3.80. The zero-order chi connectivity index (χ0) is 19.4. The number of non-ortho nitro benzene ring substituents is 1. The van der Waals surface area contributed by atoms with Crippen LogP contribution in [-0.4, -0.2) is 17.0 Å². The van der Waals surface area contributed by atoms with Crippen molar-refractivity contribution in [3.05, 3.63) is 86.1 Å². The van der Waals surface area contributed by atoms with Gasteiger partial charge in [0.1, 0.15) is 11.5 Å². The van der Waals surface area contributed by atoms with Crippen molar-refractivity contribution in [3.8, 4) is 11.3 Å². The number of benzene rings is 2. The third kappa shape index (κ3) is 4.29. The van der Waals surface area contributed by atoms with Crippen LogP contribution >= 0.6 is 15.9 Å². The molecule has 0 aliphatic rings. The molecule has 1 aromatic heterocycles. The summed E-state index contributed by atoms with van der Waals surface area (Å²) in [6.07, 6.45) is 1.37. The number of amides is 1. The Labute approximate surface area is 163 Å². The lowest BCUT2D eigenvalue weighted by Crippen LogP contribution is -2.17. The Hall–Kier alpha value is -3.26. The summed E-state index contributed by atoms with van der Waals surface area (Å²) in [5.74, 6) is 0.526. The number of aryl methyl sites for hydroxylation is 1. The van der Waals surface area contributed by atoms with Gasteiger partial charge in [0.2, 0.25) is 0 Å². The second kappa shape index (κ2) is 7.96. The van der Waals surface area contributed by atoms with Gasteiger partial charge in [0, 0.05) is 22.2 Å². The quantitative estimate of drug-likeness (QED) is 0.362. The Morgan fingerprint density at radius 2 is 2.00 bits per heavy atom. The van der Waals surface area contributed by atoms with Gasteiger partial charge in [0.05, 0.1) is 16.7 Å². The summed E-state index contributed by atoms with van der Waals surface area (Å²) in [6.45, 7) is 1.84. The normalized spacial score (nSPS) is 10.9. The third-order valence-corrected chi connectivity index (χ3v) is 4.49. The van der Waals surface area contributed by atoms with Crippen LogP contribution in [0.25, 0.3) is 11.3 Å². The highest BCUT2D eigenvalue weighted by atomic mass is 79.9. The summed E-state index contributed by atoms with van der Waals surface area (Å²) in [5, 5.41) is 14.8. The van der Waals surface area contributed by atoms with Gasteiger partial charge in [-0.25, -0.2) is 5.43 Å². The topological polar surface area (TPSA) is 97.7 Å². The number of nitro groups is 1. The highest BCUT2D eigenvalue weighted by Gasteiger charge is 2.13. The van der Waals surface area contributed by atoms with E-state index in [0.29, 0.717) is 27.1 Å². The van der Waals surface area contributed by atoms with Crippen LogP contribution in [0.15, 0.2) is 68.6 Å². The average molecular weight is 428 g/mol. The molecule has 3 aromatic rings. The minimum Gasteiger partial charge on any atom is -0.455 e. The van der Waals surface area contributed by atoms with Crippen LogP contribution in [0.4, 0.5) is 5.69 Å². The standard InChI is InChI=1S/C19H14BrN3O4/c1-12-6-7-13(23(25)26)10-16(12)18-9-8-14(27-18)11-21-22-19(24)15-4-2-3-5-17(15)20/h2-11H,1H3,(H,22,24)/b21-11+. The highest BCUT2D eigenvalue weighted by molar-refractivity contribution is 9.10. The molecule has 0 aliphatic carbocycles. The van der Waals surface area contributed by atoms with Gasteiger partial charge in [-0.2, -0.15) is 5.10 Å². The van der Waals surface area contributed by atoms with Gasteiger partial charge in [-0.1, -0.05) is 18.2 Å². The van der Waals surface area contributed by atoms with Crippen LogP contribution in [0.1, 0.15) is 21.7 Å². The molecule has 7 nitrogen and oxygen atoms in total. The maximum absolute atomic E-state index is 12.1. The number of hydrogen-bond donors (Lipinski definition) is 1. The zero-order valence-electron chi connectivity index (χ0n) is 14.2. The van der Waals surface area contributed by atoms with Crippen LogP contribution < -0.4 is 5.43 Å². The highest BCUT2D eigenvalue weighted by Crippen LogP contribution is 2.28. The molecule has 27 heavy (non-hydrogen) atoms. The van der Waals surface area contributed by atoms with E-state index in [1.54, 1.807) is 36.4 Å². The Morgan fingerprint density at radius 1 is 1.22 bits per heavy atom. The number of halogens is 1. The largest absolute Gasteiger partial charge is 0.455 e. The first-order valence-electron chi connectivity index (χ1n) is 7.89. The van der Waals surface area contributed by atoms with Crippen molar-refractivity contribution in [2.45, 2.75) is 6.92 Å². The Bertz CT molecular complexity index is 1040. The van der Waals surface area contributed by atoms with Gasteiger partial charge in [-0.15, -0.1) is 0 Å². The number of hydrazone groups is 1. The number of furan rings is 1. The summed E-state index contributed by atoms with van der Waals surface area (Å²) in [5.41, 5.74) is 4.35. The molecule has 0 fully saturated rings. The van der Waals surface area contributed by atoms with Crippen LogP contribution in [0.5, 0.6) is 0 Å². The van der Waals surface area contributed by atoms with Crippen LogP contribution in [-0.2, 0) is 0 Å². The lowest BCUT2D eigenvalue weighted by atomic mass is 10.1. The van der Waals surface area contributed by atoms with E-state index >= 15 is 0 Å². The molecule has 0 aliphatic heterocycles. The molecule has 3 rings (SSSR count). The van der Waals surface area contributed by atoms with E-state index in [9.17, 15) is 14.9 Å². The number of rotatable bonds is 5. The second-order valence-electron chi connectivity index (χ2n) is 5.64. The fraction of sp³-hybridized carbons (Fsp3) is 0.0526. The Morgan fingerprint density at radius 3 is 2.74 bits per heavy atom. The van der Waals surface area contributed by atoms with Gasteiger partial charge in [0.25, 0.3) is 11.6 Å². The summed E-state index contributed by atoms with van der Waals surface area (Å²) in [6, 6.07) is 14.9. The number of carbonyl (C=O) groups is 1. The fourth-order valence-corrected chi connectivity index (χ4v) is 2.88. The van der Waals surface area contributed by atoms with Crippen molar-refractivity contribution >= 4 is 33.7 Å². The molecule has 1 N–H and O–H groups in total. The summed E-state index contributed by atoms with van der Waals surface area (Å²) in [7, 11) is 0. The zero-order valence-corrected chi connectivity index (χ0v) is 15.8.